The molecule has 142 valence electrons. The van der Waals surface area contributed by atoms with Gasteiger partial charge in [0.15, 0.2) is 0 Å². The van der Waals surface area contributed by atoms with E-state index in [9.17, 15) is 9.59 Å². The van der Waals surface area contributed by atoms with Gasteiger partial charge in [0.2, 0.25) is 11.8 Å². The van der Waals surface area contributed by atoms with Gasteiger partial charge in [-0.25, -0.2) is 0 Å². The number of nitrogens with one attached hydrogen (secondary N) is 1. The van der Waals surface area contributed by atoms with Gasteiger partial charge in [-0.15, -0.1) is 0 Å². The Morgan fingerprint density at radius 2 is 1.81 bits per heavy atom. The molecular formula is C21H31N3O2. The lowest BCUT2D eigenvalue weighted by Crippen LogP contribution is -2.42. The molecule has 0 bridgehead atoms. The van der Waals surface area contributed by atoms with E-state index in [0.717, 1.165) is 29.7 Å². The van der Waals surface area contributed by atoms with E-state index in [1.165, 1.54) is 0 Å². The van der Waals surface area contributed by atoms with Crippen molar-refractivity contribution in [2.45, 2.75) is 33.6 Å². The van der Waals surface area contributed by atoms with Crippen molar-refractivity contribution in [2.75, 3.05) is 39.0 Å². The lowest BCUT2D eigenvalue weighted by atomic mass is 9.88. The Kier molecular flexibility index (Phi) is 6.59. The molecule has 2 rings (SSSR count). The molecule has 0 spiro atoms. The van der Waals surface area contributed by atoms with Crippen LogP contribution in [0, 0.1) is 19.3 Å². The van der Waals surface area contributed by atoms with Gasteiger partial charge in [-0.05, 0) is 51.8 Å². The minimum absolute atomic E-state index is 0.0374. The number of carbonyl (C=O) groups excluding carboxylic acids is 2. The van der Waals surface area contributed by atoms with Gasteiger partial charge in [-0.2, -0.15) is 0 Å². The van der Waals surface area contributed by atoms with Crippen molar-refractivity contribution >= 4 is 17.5 Å². The number of hydrogen-bond acceptors (Lipinski definition) is 3. The average Bonchev–Trinajstić information content (AvgIpc) is 3.03. The topological polar surface area (TPSA) is 52.7 Å². The predicted molar refractivity (Wildman–Crippen MR) is 106 cm³/mol. The maximum atomic E-state index is 12.6. The summed E-state index contributed by atoms with van der Waals surface area (Å²) in [6, 6.07) is 5.97. The van der Waals surface area contributed by atoms with Crippen molar-refractivity contribution in [3.05, 3.63) is 41.5 Å². The quantitative estimate of drug-likeness (QED) is 0.763. The fraction of sp³-hybridized carbons (Fsp3) is 0.524. The number of allylic oxidation sites excluding steroid dienone is 1. The van der Waals surface area contributed by atoms with Gasteiger partial charge < -0.3 is 10.2 Å². The van der Waals surface area contributed by atoms with Crippen LogP contribution in [0.1, 0.15) is 30.9 Å². The van der Waals surface area contributed by atoms with E-state index in [1.807, 2.05) is 64.0 Å². The number of amides is 2. The van der Waals surface area contributed by atoms with E-state index >= 15 is 0 Å². The van der Waals surface area contributed by atoms with Crippen LogP contribution in [-0.4, -0.2) is 55.3 Å². The molecule has 1 aromatic rings. The Hall–Kier alpha value is -2.14. The molecule has 0 aliphatic heterocycles. The molecular weight excluding hydrogens is 326 g/mol. The summed E-state index contributed by atoms with van der Waals surface area (Å²) in [7, 11) is 3.74. The monoisotopic (exact) mass is 357 g/mol. The first-order valence-electron chi connectivity index (χ1n) is 9.21. The Bertz CT molecular complexity index is 678. The first-order chi connectivity index (χ1) is 12.2. The lowest BCUT2D eigenvalue weighted by Gasteiger charge is -2.29. The summed E-state index contributed by atoms with van der Waals surface area (Å²) >= 11 is 0. The van der Waals surface area contributed by atoms with E-state index in [4.69, 9.17) is 0 Å². The molecule has 2 amide bonds. The van der Waals surface area contributed by atoms with Crippen LogP contribution in [0.15, 0.2) is 30.4 Å². The van der Waals surface area contributed by atoms with Gasteiger partial charge in [0.05, 0.1) is 12.0 Å². The Balaban J connectivity index is 1.81. The minimum Gasteiger partial charge on any atom is -0.344 e. The third-order valence-electron chi connectivity index (χ3n) is 5.13. The highest BCUT2D eigenvalue weighted by atomic mass is 16.2. The summed E-state index contributed by atoms with van der Waals surface area (Å²) in [6.45, 7) is 7.54. The van der Waals surface area contributed by atoms with Gasteiger partial charge in [-0.3, -0.25) is 14.5 Å². The van der Waals surface area contributed by atoms with Crippen LogP contribution in [0.25, 0.3) is 0 Å². The number of rotatable bonds is 7. The van der Waals surface area contributed by atoms with Crippen molar-refractivity contribution in [3.8, 4) is 0 Å². The van der Waals surface area contributed by atoms with E-state index in [1.54, 1.807) is 4.90 Å². The molecule has 1 aliphatic carbocycles. The predicted octanol–water partition coefficient (Wildman–Crippen LogP) is 2.99. The van der Waals surface area contributed by atoms with E-state index in [2.05, 4.69) is 11.4 Å². The molecule has 0 saturated carbocycles. The minimum atomic E-state index is -0.368. The van der Waals surface area contributed by atoms with E-state index in [-0.39, 0.29) is 17.2 Å². The second-order valence-corrected chi connectivity index (χ2v) is 7.64. The van der Waals surface area contributed by atoms with Gasteiger partial charge in [0, 0.05) is 25.8 Å². The van der Waals surface area contributed by atoms with Crippen molar-refractivity contribution in [2.24, 2.45) is 5.41 Å². The number of nitrogens with zero attached hydrogens (tertiary/aromatic N) is 2. The molecule has 5 heteroatoms. The Labute approximate surface area is 157 Å². The molecule has 0 radical (unpaired) electrons. The second-order valence-electron chi connectivity index (χ2n) is 7.64. The van der Waals surface area contributed by atoms with Crippen LogP contribution in [0.2, 0.25) is 0 Å². The van der Waals surface area contributed by atoms with Crippen LogP contribution in [-0.2, 0) is 9.59 Å². The maximum absolute atomic E-state index is 12.6. The smallest absolute Gasteiger partial charge is 0.238 e. The van der Waals surface area contributed by atoms with Gasteiger partial charge in [0.25, 0.3) is 0 Å². The zero-order valence-corrected chi connectivity index (χ0v) is 16.6. The number of carbonyl (C=O) groups is 2. The zero-order valence-electron chi connectivity index (χ0n) is 16.6. The Morgan fingerprint density at radius 1 is 1.15 bits per heavy atom. The maximum Gasteiger partial charge on any atom is 0.238 e. The molecule has 5 nitrogen and oxygen atoms in total. The molecule has 0 saturated heterocycles. The van der Waals surface area contributed by atoms with Gasteiger partial charge in [-0.1, -0.05) is 30.4 Å². The largest absolute Gasteiger partial charge is 0.344 e. The van der Waals surface area contributed by atoms with Crippen molar-refractivity contribution < 1.29 is 9.59 Å². The van der Waals surface area contributed by atoms with E-state index in [0.29, 0.717) is 19.6 Å². The third-order valence-corrected chi connectivity index (χ3v) is 5.13. The fourth-order valence-corrected chi connectivity index (χ4v) is 3.36. The summed E-state index contributed by atoms with van der Waals surface area (Å²) in [5, 5.41) is 3.00. The van der Waals surface area contributed by atoms with Crippen LogP contribution in [0.3, 0.4) is 0 Å². The third kappa shape index (κ3) is 4.94. The molecule has 0 heterocycles. The molecule has 1 atom stereocenters. The number of anilines is 1. The van der Waals surface area contributed by atoms with Crippen molar-refractivity contribution in [1.82, 2.24) is 9.80 Å². The van der Waals surface area contributed by atoms with Crippen molar-refractivity contribution in [3.63, 3.8) is 0 Å². The van der Waals surface area contributed by atoms with Crippen LogP contribution in [0.4, 0.5) is 5.69 Å². The van der Waals surface area contributed by atoms with Crippen LogP contribution in [0.5, 0.6) is 0 Å². The first-order valence-corrected chi connectivity index (χ1v) is 9.21. The number of aryl methyl sites for hydroxylation is 2. The SMILES string of the molecule is Cc1cccc(C)c1NC(=O)CN(C)CCN(C)C(=O)C1(C)C=CCC1. The van der Waals surface area contributed by atoms with Crippen LogP contribution < -0.4 is 5.32 Å². The number of hydrogen-bond donors (Lipinski definition) is 1. The molecule has 1 aromatic carbocycles. The molecule has 26 heavy (non-hydrogen) atoms. The molecule has 1 unspecified atom stereocenters. The zero-order chi connectivity index (χ0) is 19.3. The summed E-state index contributed by atoms with van der Waals surface area (Å²) in [5.74, 6) is 0.115. The normalized spacial score (nSPS) is 19.0. The van der Waals surface area contributed by atoms with Crippen molar-refractivity contribution in [1.29, 1.82) is 0 Å². The summed E-state index contributed by atoms with van der Waals surface area (Å²) in [6.07, 6.45) is 5.95. The highest BCUT2D eigenvalue weighted by Gasteiger charge is 2.34. The lowest BCUT2D eigenvalue weighted by molar-refractivity contribution is -0.137. The molecule has 1 aliphatic rings. The van der Waals surface area contributed by atoms with E-state index < -0.39 is 0 Å². The first kappa shape index (κ1) is 20.2. The highest BCUT2D eigenvalue weighted by Crippen LogP contribution is 2.32. The van der Waals surface area contributed by atoms with Crippen LogP contribution >= 0.6 is 0 Å². The molecule has 1 N–H and O–H groups in total. The van der Waals surface area contributed by atoms with Gasteiger partial charge in [0.1, 0.15) is 0 Å². The standard InChI is InChI=1S/C21H31N3O2/c1-16-9-8-10-17(2)19(16)22-18(25)15-23(4)13-14-24(5)20(26)21(3)11-6-7-12-21/h6,8-11H,7,12-15H2,1-5H3,(H,22,25). The summed E-state index contributed by atoms with van der Waals surface area (Å²) < 4.78 is 0. The Morgan fingerprint density at radius 3 is 2.38 bits per heavy atom. The fourth-order valence-electron chi connectivity index (χ4n) is 3.36. The number of para-hydroxylation sites is 1. The summed E-state index contributed by atoms with van der Waals surface area (Å²) in [5.41, 5.74) is 2.64. The second kappa shape index (κ2) is 8.49. The number of benzene rings is 1. The highest BCUT2D eigenvalue weighted by molar-refractivity contribution is 5.93. The summed E-state index contributed by atoms with van der Waals surface area (Å²) in [4.78, 5) is 28.6. The average molecular weight is 357 g/mol. The molecule has 0 fully saturated rings. The number of likely N-dealkylation sites (N-methyl/N-ethyl adjacent to an activating group) is 2. The van der Waals surface area contributed by atoms with Gasteiger partial charge >= 0.3 is 0 Å². The molecule has 0 aromatic heterocycles.